The highest BCUT2D eigenvalue weighted by molar-refractivity contribution is 9.10. The minimum atomic E-state index is -2.53. The van der Waals surface area contributed by atoms with Crippen LogP contribution < -0.4 is 9.47 Å². The van der Waals surface area contributed by atoms with Crippen LogP contribution >= 0.6 is 15.9 Å². The van der Waals surface area contributed by atoms with Gasteiger partial charge in [-0.1, -0.05) is 0 Å². The molecule has 2 nitrogen and oxygen atoms in total. The van der Waals surface area contributed by atoms with Gasteiger partial charge in [0.1, 0.15) is 11.5 Å². The molecule has 0 aliphatic heterocycles. The second-order valence-corrected chi connectivity index (χ2v) is 4.62. The van der Waals surface area contributed by atoms with Gasteiger partial charge in [0, 0.05) is 12.5 Å². The van der Waals surface area contributed by atoms with Gasteiger partial charge in [0.25, 0.3) is 5.92 Å². The van der Waals surface area contributed by atoms with Crippen molar-refractivity contribution in [2.45, 2.75) is 12.3 Å². The Labute approximate surface area is 101 Å². The fourth-order valence-electron chi connectivity index (χ4n) is 1.38. The van der Waals surface area contributed by atoms with Crippen molar-refractivity contribution in [3.8, 4) is 11.5 Å². The Balaban J connectivity index is 1.95. The first kappa shape index (κ1) is 11.6. The monoisotopic (exact) mass is 292 g/mol. The van der Waals surface area contributed by atoms with Gasteiger partial charge < -0.3 is 9.47 Å². The summed E-state index contributed by atoms with van der Waals surface area (Å²) in [6, 6.07) is 5.15. The van der Waals surface area contributed by atoms with Crippen molar-refractivity contribution < 1.29 is 18.3 Å². The van der Waals surface area contributed by atoms with Gasteiger partial charge in [0.2, 0.25) is 0 Å². The standard InChI is InChI=1S/C11H11BrF2O2/c1-15-10-4-8(2-3-9(10)12)16-6-7-5-11(7,13)14/h2-4,7H,5-6H2,1H3/t7-/m1/s1. The summed E-state index contributed by atoms with van der Waals surface area (Å²) in [5.41, 5.74) is 0. The Bertz CT molecular complexity index is 396. The van der Waals surface area contributed by atoms with E-state index < -0.39 is 11.8 Å². The van der Waals surface area contributed by atoms with E-state index in [0.717, 1.165) is 4.47 Å². The fourth-order valence-corrected chi connectivity index (χ4v) is 1.79. The molecule has 0 heterocycles. The van der Waals surface area contributed by atoms with Crippen LogP contribution in [0, 0.1) is 5.92 Å². The van der Waals surface area contributed by atoms with Crippen molar-refractivity contribution in [1.29, 1.82) is 0 Å². The van der Waals surface area contributed by atoms with Crippen LogP contribution in [0.25, 0.3) is 0 Å². The highest BCUT2D eigenvalue weighted by atomic mass is 79.9. The van der Waals surface area contributed by atoms with Gasteiger partial charge in [-0.25, -0.2) is 8.78 Å². The van der Waals surface area contributed by atoms with E-state index in [1.165, 1.54) is 0 Å². The number of benzene rings is 1. The molecule has 1 fully saturated rings. The lowest BCUT2D eigenvalue weighted by atomic mass is 10.3. The van der Waals surface area contributed by atoms with Crippen LogP contribution in [-0.4, -0.2) is 19.6 Å². The van der Waals surface area contributed by atoms with Crippen molar-refractivity contribution >= 4 is 15.9 Å². The predicted octanol–water partition coefficient (Wildman–Crippen LogP) is 3.49. The first-order chi connectivity index (χ1) is 7.53. The Morgan fingerprint density at radius 3 is 2.75 bits per heavy atom. The molecular weight excluding hydrogens is 282 g/mol. The molecule has 0 bridgehead atoms. The number of methoxy groups -OCH3 is 1. The normalized spacial score (nSPS) is 21.6. The van der Waals surface area contributed by atoms with Gasteiger partial charge in [-0.05, 0) is 28.1 Å². The Morgan fingerprint density at radius 2 is 2.19 bits per heavy atom. The molecule has 0 spiro atoms. The van der Waals surface area contributed by atoms with E-state index in [2.05, 4.69) is 15.9 Å². The van der Waals surface area contributed by atoms with Gasteiger partial charge in [-0.15, -0.1) is 0 Å². The van der Waals surface area contributed by atoms with E-state index in [1.807, 2.05) is 0 Å². The average molecular weight is 293 g/mol. The molecule has 0 saturated heterocycles. The molecule has 0 aromatic heterocycles. The zero-order valence-electron chi connectivity index (χ0n) is 8.67. The van der Waals surface area contributed by atoms with Crippen molar-refractivity contribution in [2.24, 2.45) is 5.92 Å². The molecule has 1 aliphatic carbocycles. The molecule has 1 aliphatic rings. The summed E-state index contributed by atoms with van der Waals surface area (Å²) < 4.78 is 36.4. The van der Waals surface area contributed by atoms with Crippen LogP contribution in [0.5, 0.6) is 11.5 Å². The van der Waals surface area contributed by atoms with Crippen LogP contribution in [0.3, 0.4) is 0 Å². The molecular formula is C11H11BrF2O2. The van der Waals surface area contributed by atoms with Gasteiger partial charge in [0.15, 0.2) is 0 Å². The smallest absolute Gasteiger partial charge is 0.255 e. The largest absolute Gasteiger partial charge is 0.495 e. The van der Waals surface area contributed by atoms with Gasteiger partial charge in [0.05, 0.1) is 24.1 Å². The fraction of sp³-hybridized carbons (Fsp3) is 0.455. The van der Waals surface area contributed by atoms with Gasteiger partial charge in [-0.3, -0.25) is 0 Å². The molecule has 0 unspecified atom stereocenters. The quantitative estimate of drug-likeness (QED) is 0.846. The zero-order chi connectivity index (χ0) is 11.8. The third-order valence-corrected chi connectivity index (χ3v) is 3.18. The van der Waals surface area contributed by atoms with E-state index in [9.17, 15) is 8.78 Å². The van der Waals surface area contributed by atoms with Crippen LogP contribution in [0.4, 0.5) is 8.78 Å². The van der Waals surface area contributed by atoms with Crippen molar-refractivity contribution in [1.82, 2.24) is 0 Å². The average Bonchev–Trinajstić information content (AvgIpc) is 2.85. The minimum absolute atomic E-state index is 0.0534. The molecule has 0 amide bonds. The maximum absolute atomic E-state index is 12.6. The number of hydrogen-bond donors (Lipinski definition) is 0. The number of hydrogen-bond acceptors (Lipinski definition) is 2. The summed E-state index contributed by atoms with van der Waals surface area (Å²) in [7, 11) is 1.54. The van der Waals surface area contributed by atoms with E-state index in [-0.39, 0.29) is 13.0 Å². The van der Waals surface area contributed by atoms with Crippen LogP contribution in [0.1, 0.15) is 6.42 Å². The Hall–Kier alpha value is -0.840. The number of ether oxygens (including phenoxy) is 2. The molecule has 0 radical (unpaired) electrons. The van der Waals surface area contributed by atoms with Crippen molar-refractivity contribution in [2.75, 3.05) is 13.7 Å². The summed E-state index contributed by atoms with van der Waals surface area (Å²) in [5, 5.41) is 0. The van der Waals surface area contributed by atoms with Crippen molar-refractivity contribution in [3.05, 3.63) is 22.7 Å². The molecule has 2 rings (SSSR count). The molecule has 5 heteroatoms. The molecule has 1 atom stereocenters. The minimum Gasteiger partial charge on any atom is -0.495 e. The molecule has 16 heavy (non-hydrogen) atoms. The third kappa shape index (κ3) is 2.45. The van der Waals surface area contributed by atoms with E-state index in [0.29, 0.717) is 11.5 Å². The van der Waals surface area contributed by atoms with Gasteiger partial charge in [-0.2, -0.15) is 0 Å². The first-order valence-electron chi connectivity index (χ1n) is 4.87. The highest BCUT2D eigenvalue weighted by Gasteiger charge is 2.57. The maximum atomic E-state index is 12.6. The van der Waals surface area contributed by atoms with E-state index >= 15 is 0 Å². The molecule has 0 N–H and O–H groups in total. The summed E-state index contributed by atoms with van der Waals surface area (Å²) in [6.07, 6.45) is -0.0688. The number of halogens is 3. The molecule has 1 saturated carbocycles. The zero-order valence-corrected chi connectivity index (χ0v) is 10.3. The van der Waals surface area contributed by atoms with E-state index in [1.54, 1.807) is 25.3 Å². The van der Waals surface area contributed by atoms with Crippen LogP contribution in [-0.2, 0) is 0 Å². The third-order valence-electron chi connectivity index (χ3n) is 2.53. The van der Waals surface area contributed by atoms with Crippen LogP contribution in [0.15, 0.2) is 22.7 Å². The first-order valence-corrected chi connectivity index (χ1v) is 5.66. The molecule has 88 valence electrons. The summed E-state index contributed by atoms with van der Waals surface area (Å²) in [4.78, 5) is 0. The van der Waals surface area contributed by atoms with Gasteiger partial charge >= 0.3 is 0 Å². The second-order valence-electron chi connectivity index (χ2n) is 3.77. The van der Waals surface area contributed by atoms with E-state index in [4.69, 9.17) is 9.47 Å². The molecule has 1 aromatic carbocycles. The summed E-state index contributed by atoms with van der Waals surface area (Å²) in [6.45, 7) is 0.0534. The number of alkyl halides is 2. The number of rotatable bonds is 4. The lowest BCUT2D eigenvalue weighted by molar-refractivity contribution is 0.0856. The lowest BCUT2D eigenvalue weighted by Gasteiger charge is -2.08. The topological polar surface area (TPSA) is 18.5 Å². The summed E-state index contributed by atoms with van der Waals surface area (Å²) >= 11 is 3.30. The predicted molar refractivity (Wildman–Crippen MR) is 59.2 cm³/mol. The highest BCUT2D eigenvalue weighted by Crippen LogP contribution is 2.48. The summed E-state index contributed by atoms with van der Waals surface area (Å²) in [5.74, 6) is -2.00. The lowest BCUT2D eigenvalue weighted by Crippen LogP contribution is -2.05. The Morgan fingerprint density at radius 1 is 1.50 bits per heavy atom. The maximum Gasteiger partial charge on any atom is 0.255 e. The second kappa shape index (κ2) is 4.20. The molecule has 1 aromatic rings. The Kier molecular flexibility index (Phi) is 3.06. The van der Waals surface area contributed by atoms with Crippen molar-refractivity contribution in [3.63, 3.8) is 0 Å². The van der Waals surface area contributed by atoms with Crippen LogP contribution in [0.2, 0.25) is 0 Å². The SMILES string of the molecule is COc1cc(OC[C@H]2CC2(F)F)ccc1Br.